The molecule has 0 spiro atoms. The first kappa shape index (κ1) is 12.5. The molecule has 6 heteroatoms. The summed E-state index contributed by atoms with van der Waals surface area (Å²) in [6.07, 6.45) is -0.00893. The van der Waals surface area contributed by atoms with Crippen LogP contribution in [-0.4, -0.2) is 52.7 Å². The zero-order valence-electron chi connectivity index (χ0n) is 10.00. The van der Waals surface area contributed by atoms with Gasteiger partial charge in [0.05, 0.1) is 12.7 Å². The number of nitrogens with zero attached hydrogens (tertiary/aromatic N) is 2. The molecule has 2 heterocycles. The molecule has 18 heavy (non-hydrogen) atoms. The highest BCUT2D eigenvalue weighted by molar-refractivity contribution is 5.94. The van der Waals surface area contributed by atoms with Gasteiger partial charge in [0.1, 0.15) is 11.4 Å². The second-order valence-electron chi connectivity index (χ2n) is 4.15. The van der Waals surface area contributed by atoms with Crippen molar-refractivity contribution in [3.05, 3.63) is 29.6 Å². The van der Waals surface area contributed by atoms with Crippen LogP contribution in [0.2, 0.25) is 0 Å². The van der Waals surface area contributed by atoms with Gasteiger partial charge in [-0.2, -0.15) is 0 Å². The number of pyridine rings is 1. The number of ether oxygens (including phenoxy) is 1. The van der Waals surface area contributed by atoms with Crippen LogP contribution in [0.1, 0.15) is 27.9 Å². The number of amides is 1. The number of carbonyl (C=O) groups excluding carboxylic acids is 1. The minimum atomic E-state index is -1.14. The van der Waals surface area contributed by atoms with E-state index >= 15 is 0 Å². The molecule has 1 aliphatic rings. The monoisotopic (exact) mass is 250 g/mol. The van der Waals surface area contributed by atoms with Gasteiger partial charge in [-0.15, -0.1) is 0 Å². The Balaban J connectivity index is 2.17. The quantitative estimate of drug-likeness (QED) is 0.833. The second-order valence-corrected chi connectivity index (χ2v) is 4.15. The summed E-state index contributed by atoms with van der Waals surface area (Å²) in [5, 5.41) is 8.84. The molecule has 0 saturated carbocycles. The van der Waals surface area contributed by atoms with Gasteiger partial charge in [-0.05, 0) is 19.1 Å². The number of aromatic carboxylic acids is 1. The summed E-state index contributed by atoms with van der Waals surface area (Å²) in [6, 6.07) is 4.41. The van der Waals surface area contributed by atoms with Crippen LogP contribution in [0, 0.1) is 0 Å². The summed E-state index contributed by atoms with van der Waals surface area (Å²) >= 11 is 0. The zero-order chi connectivity index (χ0) is 13.1. The summed E-state index contributed by atoms with van der Waals surface area (Å²) in [5.74, 6) is -1.40. The molecule has 1 unspecified atom stereocenters. The second kappa shape index (κ2) is 5.14. The van der Waals surface area contributed by atoms with E-state index in [1.165, 1.54) is 18.2 Å². The van der Waals surface area contributed by atoms with Crippen molar-refractivity contribution in [2.24, 2.45) is 0 Å². The third kappa shape index (κ3) is 2.65. The lowest BCUT2D eigenvalue weighted by molar-refractivity contribution is -0.0126. The van der Waals surface area contributed by atoms with E-state index in [1.807, 2.05) is 6.92 Å². The third-order valence-corrected chi connectivity index (χ3v) is 2.72. The molecular formula is C12H14N2O4. The number of morpholine rings is 1. The van der Waals surface area contributed by atoms with Crippen molar-refractivity contribution in [3.63, 3.8) is 0 Å². The fraction of sp³-hybridized carbons (Fsp3) is 0.417. The summed E-state index contributed by atoms with van der Waals surface area (Å²) in [4.78, 5) is 28.4. The van der Waals surface area contributed by atoms with Crippen LogP contribution in [0.3, 0.4) is 0 Å². The minimum absolute atomic E-state index is 0.00893. The predicted molar refractivity (Wildman–Crippen MR) is 62.5 cm³/mol. The lowest BCUT2D eigenvalue weighted by Gasteiger charge is -2.30. The number of hydrogen-bond acceptors (Lipinski definition) is 4. The van der Waals surface area contributed by atoms with Crippen LogP contribution in [0.5, 0.6) is 0 Å². The van der Waals surface area contributed by atoms with Gasteiger partial charge in [-0.25, -0.2) is 9.78 Å². The Kier molecular flexibility index (Phi) is 3.57. The number of carbonyl (C=O) groups is 2. The van der Waals surface area contributed by atoms with Crippen molar-refractivity contribution >= 4 is 11.9 Å². The van der Waals surface area contributed by atoms with Gasteiger partial charge in [0.2, 0.25) is 0 Å². The maximum absolute atomic E-state index is 12.1. The Morgan fingerprint density at radius 2 is 2.17 bits per heavy atom. The molecule has 1 aromatic rings. The molecule has 0 bridgehead atoms. The van der Waals surface area contributed by atoms with E-state index in [0.717, 1.165) is 0 Å². The Hall–Kier alpha value is -1.95. The molecule has 1 aliphatic heterocycles. The van der Waals surface area contributed by atoms with Gasteiger partial charge in [-0.3, -0.25) is 4.79 Å². The van der Waals surface area contributed by atoms with Crippen LogP contribution in [0.4, 0.5) is 0 Å². The highest BCUT2D eigenvalue weighted by Gasteiger charge is 2.23. The molecular weight excluding hydrogens is 236 g/mol. The maximum atomic E-state index is 12.1. The molecule has 0 aliphatic carbocycles. The van der Waals surface area contributed by atoms with Gasteiger partial charge in [-0.1, -0.05) is 6.07 Å². The summed E-state index contributed by atoms with van der Waals surface area (Å²) < 4.78 is 5.35. The standard InChI is InChI=1S/C12H14N2O4/c1-8-7-14(5-6-18-8)11(15)9-3-2-4-10(13-9)12(16)17/h2-4,8H,5-7H2,1H3,(H,16,17). The van der Waals surface area contributed by atoms with E-state index in [4.69, 9.17) is 9.84 Å². The lowest BCUT2D eigenvalue weighted by atomic mass is 10.2. The van der Waals surface area contributed by atoms with E-state index in [1.54, 1.807) is 4.90 Å². The average molecular weight is 250 g/mol. The first-order valence-electron chi connectivity index (χ1n) is 5.69. The molecule has 1 aromatic heterocycles. The normalized spacial score (nSPS) is 19.6. The van der Waals surface area contributed by atoms with Crippen molar-refractivity contribution < 1.29 is 19.4 Å². The average Bonchev–Trinajstić information content (AvgIpc) is 2.38. The van der Waals surface area contributed by atoms with Gasteiger partial charge in [0.25, 0.3) is 5.91 Å². The molecule has 1 atom stereocenters. The van der Waals surface area contributed by atoms with E-state index in [9.17, 15) is 9.59 Å². The smallest absolute Gasteiger partial charge is 0.354 e. The van der Waals surface area contributed by atoms with Crippen LogP contribution < -0.4 is 0 Å². The zero-order valence-corrected chi connectivity index (χ0v) is 10.00. The van der Waals surface area contributed by atoms with E-state index < -0.39 is 5.97 Å². The highest BCUT2D eigenvalue weighted by Crippen LogP contribution is 2.09. The van der Waals surface area contributed by atoms with Crippen LogP contribution in [-0.2, 0) is 4.74 Å². The first-order valence-corrected chi connectivity index (χ1v) is 5.69. The Bertz CT molecular complexity index is 475. The summed E-state index contributed by atoms with van der Waals surface area (Å²) in [6.45, 7) is 3.38. The number of hydrogen-bond donors (Lipinski definition) is 1. The number of rotatable bonds is 2. The van der Waals surface area contributed by atoms with Crippen molar-refractivity contribution in [3.8, 4) is 0 Å². The highest BCUT2D eigenvalue weighted by atomic mass is 16.5. The number of carboxylic acids is 1. The SMILES string of the molecule is CC1CN(C(=O)c2cccc(C(=O)O)n2)CCO1. The molecule has 1 saturated heterocycles. The molecule has 1 amide bonds. The fourth-order valence-electron chi connectivity index (χ4n) is 1.84. The minimum Gasteiger partial charge on any atom is -0.477 e. The molecule has 6 nitrogen and oxygen atoms in total. The molecule has 1 N–H and O–H groups in total. The Labute approximate surface area is 104 Å². The van der Waals surface area contributed by atoms with Gasteiger partial charge in [0.15, 0.2) is 0 Å². The molecule has 0 radical (unpaired) electrons. The molecule has 96 valence electrons. The first-order chi connectivity index (χ1) is 8.58. The molecule has 0 aromatic carbocycles. The Morgan fingerprint density at radius 1 is 1.44 bits per heavy atom. The van der Waals surface area contributed by atoms with Crippen LogP contribution in [0.25, 0.3) is 0 Å². The van der Waals surface area contributed by atoms with Gasteiger partial charge >= 0.3 is 5.97 Å². The lowest BCUT2D eigenvalue weighted by Crippen LogP contribution is -2.44. The van der Waals surface area contributed by atoms with E-state index in [2.05, 4.69) is 4.98 Å². The Morgan fingerprint density at radius 3 is 2.83 bits per heavy atom. The largest absolute Gasteiger partial charge is 0.477 e. The summed E-state index contributed by atoms with van der Waals surface area (Å²) in [5.41, 5.74) is 0.0335. The third-order valence-electron chi connectivity index (χ3n) is 2.72. The summed E-state index contributed by atoms with van der Waals surface area (Å²) in [7, 11) is 0. The predicted octanol–water partition coefficient (Wildman–Crippen LogP) is 0.641. The van der Waals surface area contributed by atoms with Crippen LogP contribution in [0.15, 0.2) is 18.2 Å². The van der Waals surface area contributed by atoms with Crippen molar-refractivity contribution in [1.82, 2.24) is 9.88 Å². The van der Waals surface area contributed by atoms with Gasteiger partial charge in [0, 0.05) is 13.1 Å². The van der Waals surface area contributed by atoms with E-state index in [-0.39, 0.29) is 23.4 Å². The van der Waals surface area contributed by atoms with Crippen molar-refractivity contribution in [2.45, 2.75) is 13.0 Å². The fourth-order valence-corrected chi connectivity index (χ4v) is 1.84. The topological polar surface area (TPSA) is 79.7 Å². The van der Waals surface area contributed by atoms with Crippen molar-refractivity contribution in [2.75, 3.05) is 19.7 Å². The number of aromatic nitrogens is 1. The van der Waals surface area contributed by atoms with Crippen molar-refractivity contribution in [1.29, 1.82) is 0 Å². The van der Waals surface area contributed by atoms with Crippen LogP contribution >= 0.6 is 0 Å². The maximum Gasteiger partial charge on any atom is 0.354 e. The molecule has 2 rings (SSSR count). The molecule has 1 fully saturated rings. The van der Waals surface area contributed by atoms with E-state index in [0.29, 0.717) is 19.7 Å². The number of carboxylic acid groups (broad SMARTS) is 1. The van der Waals surface area contributed by atoms with Gasteiger partial charge < -0.3 is 14.7 Å².